The van der Waals surface area contributed by atoms with E-state index in [9.17, 15) is 4.79 Å². The van der Waals surface area contributed by atoms with Crippen molar-refractivity contribution < 1.29 is 9.53 Å². The number of carbonyl (C=O) groups excluding carboxylic acids is 1. The third-order valence-corrected chi connectivity index (χ3v) is 5.21. The predicted molar refractivity (Wildman–Crippen MR) is 126 cm³/mol. The van der Waals surface area contributed by atoms with E-state index < -0.39 is 0 Å². The number of alkyl halides is 1. The van der Waals surface area contributed by atoms with Gasteiger partial charge in [-0.15, -0.1) is 11.6 Å². The van der Waals surface area contributed by atoms with Crippen molar-refractivity contribution in [1.82, 2.24) is 0 Å². The Labute approximate surface area is 183 Å². The highest BCUT2D eigenvalue weighted by atomic mass is 35.5. The third-order valence-electron chi connectivity index (χ3n) is 4.94. The van der Waals surface area contributed by atoms with Crippen LogP contribution in [0.4, 0.5) is 5.69 Å². The molecule has 0 atom stereocenters. The fourth-order valence-corrected chi connectivity index (χ4v) is 3.40. The number of halogens is 1. The van der Waals surface area contributed by atoms with E-state index >= 15 is 0 Å². The van der Waals surface area contributed by atoms with Crippen LogP contribution < -0.4 is 5.32 Å². The molecule has 1 aromatic carbocycles. The van der Waals surface area contributed by atoms with Crippen molar-refractivity contribution in [2.24, 2.45) is 0 Å². The number of anilines is 1. The average Bonchev–Trinajstić information content (AvgIpc) is 2.74. The highest BCUT2D eigenvalue weighted by molar-refractivity contribution is 6.17. The van der Waals surface area contributed by atoms with Gasteiger partial charge < -0.3 is 10.1 Å². The van der Waals surface area contributed by atoms with Crippen molar-refractivity contribution in [2.75, 3.05) is 24.3 Å². The molecule has 1 N–H and O–H groups in total. The van der Waals surface area contributed by atoms with Gasteiger partial charge in [0.2, 0.25) is 0 Å². The van der Waals surface area contributed by atoms with Crippen LogP contribution in [0, 0.1) is 0 Å². The maximum Gasteiger partial charge on any atom is 0.338 e. The molecule has 4 heteroatoms. The number of ether oxygens (including phenoxy) is 1. The summed E-state index contributed by atoms with van der Waals surface area (Å²) in [4.78, 5) is 11.6. The monoisotopic (exact) mass is 421 g/mol. The fraction of sp³-hybridized carbons (Fsp3) is 0.640. The van der Waals surface area contributed by atoms with Crippen LogP contribution >= 0.6 is 11.6 Å². The van der Waals surface area contributed by atoms with E-state index in [2.05, 4.69) is 17.5 Å². The van der Waals surface area contributed by atoms with E-state index in [0.717, 1.165) is 18.1 Å². The molecule has 0 bridgehead atoms. The summed E-state index contributed by atoms with van der Waals surface area (Å²) in [6, 6.07) is 7.51. The normalized spacial score (nSPS) is 11.1. The van der Waals surface area contributed by atoms with E-state index in [1.807, 2.05) is 31.2 Å². The van der Waals surface area contributed by atoms with Gasteiger partial charge in [-0.1, -0.05) is 50.7 Å². The Hall–Kier alpha value is -1.48. The Bertz CT molecular complexity index is 542. The minimum Gasteiger partial charge on any atom is -0.462 e. The number of nitrogens with one attached hydrogen (secondary N) is 1. The maximum atomic E-state index is 11.6. The molecular weight excluding hydrogens is 382 g/mol. The largest absolute Gasteiger partial charge is 0.462 e. The zero-order valence-electron chi connectivity index (χ0n) is 18.3. The summed E-state index contributed by atoms with van der Waals surface area (Å²) in [5, 5.41) is 3.42. The van der Waals surface area contributed by atoms with Gasteiger partial charge in [0, 0.05) is 18.1 Å². The SMILES string of the molecule is CCOC(=O)c1ccc(NCCCCCCC=CCCCCCCCCCl)cc1. The number of esters is 1. The molecule has 0 fully saturated rings. The number of hydrogen-bond donors (Lipinski definition) is 1. The van der Waals surface area contributed by atoms with E-state index in [1.54, 1.807) is 0 Å². The quantitative estimate of drug-likeness (QED) is 0.114. The van der Waals surface area contributed by atoms with Crippen LogP contribution in [-0.4, -0.2) is 25.0 Å². The summed E-state index contributed by atoms with van der Waals surface area (Å²) < 4.78 is 4.99. The second-order valence-electron chi connectivity index (χ2n) is 7.50. The number of benzene rings is 1. The van der Waals surface area contributed by atoms with Crippen LogP contribution in [0.2, 0.25) is 0 Å². The molecular formula is C25H40ClNO2. The van der Waals surface area contributed by atoms with Crippen LogP contribution in [-0.2, 0) is 4.74 Å². The van der Waals surface area contributed by atoms with Gasteiger partial charge in [0.1, 0.15) is 0 Å². The molecule has 0 spiro atoms. The fourth-order valence-electron chi connectivity index (χ4n) is 3.21. The van der Waals surface area contributed by atoms with Gasteiger partial charge in [0.15, 0.2) is 0 Å². The van der Waals surface area contributed by atoms with Gasteiger partial charge in [-0.25, -0.2) is 4.79 Å². The van der Waals surface area contributed by atoms with E-state index in [1.165, 1.54) is 77.0 Å². The van der Waals surface area contributed by atoms with Gasteiger partial charge in [0.25, 0.3) is 0 Å². The van der Waals surface area contributed by atoms with Crippen LogP contribution in [0.5, 0.6) is 0 Å². The standard InChI is InChI=1S/C25H40ClNO2/c1-2-29-25(28)23-17-19-24(20-18-23)27-22-16-14-12-10-8-6-4-3-5-7-9-11-13-15-21-26/h4,6,17-20,27H,2-3,5,7-16,21-22H2,1H3. The van der Waals surface area contributed by atoms with Crippen molar-refractivity contribution in [2.45, 2.75) is 84.0 Å². The molecule has 0 aromatic heterocycles. The third kappa shape index (κ3) is 14.2. The molecule has 164 valence electrons. The summed E-state index contributed by atoms with van der Waals surface area (Å²) in [6.45, 7) is 3.20. The molecule has 1 aromatic rings. The zero-order valence-corrected chi connectivity index (χ0v) is 19.0. The lowest BCUT2D eigenvalue weighted by Crippen LogP contribution is -2.05. The summed E-state index contributed by atoms with van der Waals surface area (Å²) in [6.07, 6.45) is 20.0. The topological polar surface area (TPSA) is 38.3 Å². The average molecular weight is 422 g/mol. The zero-order chi connectivity index (χ0) is 21.0. The minimum atomic E-state index is -0.258. The van der Waals surface area contributed by atoms with Crippen molar-refractivity contribution in [3.63, 3.8) is 0 Å². The highest BCUT2D eigenvalue weighted by Gasteiger charge is 2.05. The summed E-state index contributed by atoms with van der Waals surface area (Å²) in [5.41, 5.74) is 1.66. The van der Waals surface area contributed by atoms with Crippen LogP contribution in [0.1, 0.15) is 94.3 Å². The molecule has 3 nitrogen and oxygen atoms in total. The molecule has 0 aliphatic heterocycles. The smallest absolute Gasteiger partial charge is 0.338 e. The van der Waals surface area contributed by atoms with Gasteiger partial charge in [-0.2, -0.15) is 0 Å². The minimum absolute atomic E-state index is 0.258. The lowest BCUT2D eigenvalue weighted by Gasteiger charge is -2.07. The van der Waals surface area contributed by atoms with Gasteiger partial charge in [-0.3, -0.25) is 0 Å². The van der Waals surface area contributed by atoms with E-state index in [4.69, 9.17) is 16.3 Å². The second-order valence-corrected chi connectivity index (χ2v) is 7.88. The van der Waals surface area contributed by atoms with Gasteiger partial charge in [0.05, 0.1) is 12.2 Å². The molecule has 0 radical (unpaired) electrons. The molecule has 0 amide bonds. The number of unbranched alkanes of at least 4 members (excludes halogenated alkanes) is 10. The lowest BCUT2D eigenvalue weighted by molar-refractivity contribution is 0.0526. The predicted octanol–water partition coefficient (Wildman–Crippen LogP) is 7.75. The highest BCUT2D eigenvalue weighted by Crippen LogP contribution is 2.12. The Morgan fingerprint density at radius 1 is 0.862 bits per heavy atom. The number of hydrogen-bond acceptors (Lipinski definition) is 3. The summed E-state index contributed by atoms with van der Waals surface area (Å²) >= 11 is 5.68. The first-order valence-electron chi connectivity index (χ1n) is 11.5. The number of carbonyl (C=O) groups is 1. The molecule has 0 heterocycles. The Kier molecular flexibility index (Phi) is 16.3. The summed E-state index contributed by atoms with van der Waals surface area (Å²) in [5.74, 6) is 0.553. The van der Waals surface area contributed by atoms with Crippen molar-refractivity contribution in [3.8, 4) is 0 Å². The van der Waals surface area contributed by atoms with E-state index in [0.29, 0.717) is 12.2 Å². The van der Waals surface area contributed by atoms with Crippen molar-refractivity contribution in [3.05, 3.63) is 42.0 Å². The molecule has 0 saturated carbocycles. The number of rotatable bonds is 18. The van der Waals surface area contributed by atoms with E-state index in [-0.39, 0.29) is 5.97 Å². The molecule has 0 aliphatic carbocycles. The molecule has 1 rings (SSSR count). The molecule has 0 unspecified atom stereocenters. The maximum absolute atomic E-state index is 11.6. The number of allylic oxidation sites excluding steroid dienone is 2. The van der Waals surface area contributed by atoms with Crippen LogP contribution in [0.15, 0.2) is 36.4 Å². The van der Waals surface area contributed by atoms with Crippen molar-refractivity contribution >= 4 is 23.3 Å². The Balaban J connectivity index is 1.91. The molecule has 29 heavy (non-hydrogen) atoms. The van der Waals surface area contributed by atoms with Gasteiger partial charge in [-0.05, 0) is 69.7 Å². The molecule has 0 saturated heterocycles. The second kappa shape index (κ2) is 18.5. The Morgan fingerprint density at radius 3 is 2.00 bits per heavy atom. The van der Waals surface area contributed by atoms with Crippen LogP contribution in [0.25, 0.3) is 0 Å². The first-order chi connectivity index (χ1) is 14.3. The van der Waals surface area contributed by atoms with Crippen LogP contribution in [0.3, 0.4) is 0 Å². The van der Waals surface area contributed by atoms with Gasteiger partial charge >= 0.3 is 5.97 Å². The lowest BCUT2D eigenvalue weighted by atomic mass is 10.1. The van der Waals surface area contributed by atoms with Crippen molar-refractivity contribution in [1.29, 1.82) is 0 Å². The first kappa shape index (κ1) is 25.6. The molecule has 0 aliphatic rings. The first-order valence-corrected chi connectivity index (χ1v) is 12.0. The Morgan fingerprint density at radius 2 is 1.41 bits per heavy atom. The summed E-state index contributed by atoms with van der Waals surface area (Å²) in [7, 11) is 0.